The van der Waals surface area contributed by atoms with Gasteiger partial charge in [-0.05, 0) is 44.5 Å². The van der Waals surface area contributed by atoms with E-state index in [1.807, 2.05) is 0 Å². The molecule has 2 N–H and O–H groups in total. The number of carboxylic acid groups (broad SMARTS) is 1. The third-order valence-electron chi connectivity index (χ3n) is 2.67. The molecule has 0 saturated heterocycles. The Morgan fingerprint density at radius 1 is 1.36 bits per heavy atom. The fourth-order valence-electron chi connectivity index (χ4n) is 1.70. The van der Waals surface area contributed by atoms with Crippen molar-refractivity contribution >= 4 is 28.0 Å². The molecule has 1 unspecified atom stereocenters. The number of hydrogen-bond acceptors (Lipinski definition) is 4. The SMILES string of the molecule is COc1ccc(Br)c(CC(NC(=O)OC(C)(C)C)C(=O)O)c1. The molecule has 0 saturated carbocycles. The summed E-state index contributed by atoms with van der Waals surface area (Å²) in [6.45, 7) is 5.13. The smallest absolute Gasteiger partial charge is 0.408 e. The minimum Gasteiger partial charge on any atom is -0.497 e. The highest BCUT2D eigenvalue weighted by molar-refractivity contribution is 9.10. The van der Waals surface area contributed by atoms with Crippen LogP contribution in [0.15, 0.2) is 22.7 Å². The lowest BCUT2D eigenvalue weighted by molar-refractivity contribution is -0.139. The number of halogens is 1. The normalized spacial score (nSPS) is 12.4. The molecular formula is C15H20BrNO5. The number of nitrogens with one attached hydrogen (secondary N) is 1. The van der Waals surface area contributed by atoms with Gasteiger partial charge in [-0.3, -0.25) is 0 Å². The van der Waals surface area contributed by atoms with Crippen LogP contribution in [0.2, 0.25) is 0 Å². The number of amides is 1. The summed E-state index contributed by atoms with van der Waals surface area (Å²) in [7, 11) is 1.53. The van der Waals surface area contributed by atoms with E-state index in [-0.39, 0.29) is 6.42 Å². The van der Waals surface area contributed by atoms with Gasteiger partial charge in [-0.2, -0.15) is 0 Å². The van der Waals surface area contributed by atoms with E-state index < -0.39 is 23.7 Å². The van der Waals surface area contributed by atoms with E-state index >= 15 is 0 Å². The van der Waals surface area contributed by atoms with Gasteiger partial charge in [-0.25, -0.2) is 9.59 Å². The first-order valence-electron chi connectivity index (χ1n) is 6.67. The highest BCUT2D eigenvalue weighted by Gasteiger charge is 2.25. The Morgan fingerprint density at radius 3 is 2.50 bits per heavy atom. The number of carbonyl (C=O) groups excluding carboxylic acids is 1. The van der Waals surface area contributed by atoms with Crippen molar-refractivity contribution < 1.29 is 24.2 Å². The van der Waals surface area contributed by atoms with Gasteiger partial charge >= 0.3 is 12.1 Å². The van der Waals surface area contributed by atoms with Crippen molar-refractivity contribution in [2.75, 3.05) is 7.11 Å². The van der Waals surface area contributed by atoms with E-state index in [1.165, 1.54) is 7.11 Å². The molecule has 122 valence electrons. The average Bonchev–Trinajstić information content (AvgIpc) is 2.38. The number of carboxylic acids is 1. The van der Waals surface area contributed by atoms with Crippen LogP contribution in [0.5, 0.6) is 5.75 Å². The number of ether oxygens (including phenoxy) is 2. The Kier molecular flexibility index (Phi) is 6.22. The van der Waals surface area contributed by atoms with Crippen LogP contribution in [0.25, 0.3) is 0 Å². The molecule has 0 spiro atoms. The van der Waals surface area contributed by atoms with Crippen LogP contribution in [0.4, 0.5) is 4.79 Å². The highest BCUT2D eigenvalue weighted by atomic mass is 79.9. The topological polar surface area (TPSA) is 84.9 Å². The van der Waals surface area contributed by atoms with Gasteiger partial charge in [-0.15, -0.1) is 0 Å². The van der Waals surface area contributed by atoms with Crippen molar-refractivity contribution in [3.63, 3.8) is 0 Å². The summed E-state index contributed by atoms with van der Waals surface area (Å²) in [5, 5.41) is 11.6. The third kappa shape index (κ3) is 5.93. The Bertz CT molecular complexity index is 553. The van der Waals surface area contributed by atoms with Crippen molar-refractivity contribution in [2.24, 2.45) is 0 Å². The molecule has 0 heterocycles. The van der Waals surface area contributed by atoms with Gasteiger partial charge in [0.25, 0.3) is 0 Å². The molecule has 1 amide bonds. The fraction of sp³-hybridized carbons (Fsp3) is 0.467. The first-order valence-corrected chi connectivity index (χ1v) is 7.46. The summed E-state index contributed by atoms with van der Waals surface area (Å²) in [5.74, 6) is -0.528. The molecule has 0 aliphatic heterocycles. The zero-order valence-electron chi connectivity index (χ0n) is 13.0. The van der Waals surface area contributed by atoms with Gasteiger partial charge in [0.15, 0.2) is 0 Å². The summed E-state index contributed by atoms with van der Waals surface area (Å²) >= 11 is 3.36. The van der Waals surface area contributed by atoms with Gasteiger partial charge in [0.1, 0.15) is 17.4 Å². The van der Waals surface area contributed by atoms with Crippen molar-refractivity contribution in [3.05, 3.63) is 28.2 Å². The second-order valence-corrected chi connectivity index (χ2v) is 6.55. The molecule has 1 aromatic rings. The van der Waals surface area contributed by atoms with Crippen molar-refractivity contribution in [3.8, 4) is 5.75 Å². The molecular weight excluding hydrogens is 354 g/mol. The van der Waals surface area contributed by atoms with Crippen LogP contribution in [-0.4, -0.2) is 35.9 Å². The summed E-state index contributed by atoms with van der Waals surface area (Å²) in [5.41, 5.74) is 0.0201. The van der Waals surface area contributed by atoms with Gasteiger partial charge in [-0.1, -0.05) is 15.9 Å². The number of rotatable bonds is 5. The standard InChI is InChI=1S/C15H20BrNO5/c1-15(2,3)22-14(20)17-12(13(18)19)8-9-7-10(21-4)5-6-11(9)16/h5-7,12H,8H2,1-4H3,(H,17,20)(H,18,19). The molecule has 0 aromatic heterocycles. The van der Waals surface area contributed by atoms with Crippen LogP contribution in [0.1, 0.15) is 26.3 Å². The van der Waals surface area contributed by atoms with Crippen molar-refractivity contribution in [1.82, 2.24) is 5.32 Å². The highest BCUT2D eigenvalue weighted by Crippen LogP contribution is 2.23. The quantitative estimate of drug-likeness (QED) is 0.828. The van der Waals surface area contributed by atoms with E-state index in [0.717, 1.165) is 4.47 Å². The summed E-state index contributed by atoms with van der Waals surface area (Å²) in [6.07, 6.45) is -0.661. The largest absolute Gasteiger partial charge is 0.497 e. The van der Waals surface area contributed by atoms with Crippen LogP contribution >= 0.6 is 15.9 Å². The first-order chi connectivity index (χ1) is 10.1. The molecule has 1 atom stereocenters. The maximum Gasteiger partial charge on any atom is 0.408 e. The Labute approximate surface area is 137 Å². The predicted molar refractivity (Wildman–Crippen MR) is 85.2 cm³/mol. The van der Waals surface area contributed by atoms with Crippen molar-refractivity contribution in [1.29, 1.82) is 0 Å². The Hall–Kier alpha value is -1.76. The lowest BCUT2D eigenvalue weighted by Gasteiger charge is -2.22. The number of alkyl carbamates (subject to hydrolysis) is 1. The van der Waals surface area contributed by atoms with Gasteiger partial charge < -0.3 is 19.9 Å². The van der Waals surface area contributed by atoms with E-state index in [9.17, 15) is 14.7 Å². The zero-order valence-corrected chi connectivity index (χ0v) is 14.6. The number of benzene rings is 1. The van der Waals surface area contributed by atoms with Crippen LogP contribution in [0.3, 0.4) is 0 Å². The van der Waals surface area contributed by atoms with E-state index in [4.69, 9.17) is 9.47 Å². The minimum atomic E-state index is -1.14. The number of aliphatic carboxylic acids is 1. The third-order valence-corrected chi connectivity index (χ3v) is 3.44. The molecule has 0 aliphatic rings. The van der Waals surface area contributed by atoms with Crippen LogP contribution < -0.4 is 10.1 Å². The lowest BCUT2D eigenvalue weighted by atomic mass is 10.1. The Balaban J connectivity index is 2.85. The van der Waals surface area contributed by atoms with E-state index in [0.29, 0.717) is 11.3 Å². The summed E-state index contributed by atoms with van der Waals surface area (Å²) < 4.78 is 10.9. The zero-order chi connectivity index (χ0) is 16.9. The molecule has 6 nitrogen and oxygen atoms in total. The fourth-order valence-corrected chi connectivity index (χ4v) is 2.11. The van der Waals surface area contributed by atoms with Crippen LogP contribution in [0, 0.1) is 0 Å². The van der Waals surface area contributed by atoms with E-state index in [2.05, 4.69) is 21.2 Å². The number of carbonyl (C=O) groups is 2. The van der Waals surface area contributed by atoms with Gasteiger partial charge in [0, 0.05) is 10.9 Å². The molecule has 0 bridgehead atoms. The molecule has 7 heteroatoms. The molecule has 0 fully saturated rings. The monoisotopic (exact) mass is 373 g/mol. The average molecular weight is 374 g/mol. The molecule has 0 aliphatic carbocycles. The summed E-state index contributed by atoms with van der Waals surface area (Å²) in [6, 6.07) is 4.14. The number of methoxy groups -OCH3 is 1. The van der Waals surface area contributed by atoms with E-state index in [1.54, 1.807) is 39.0 Å². The molecule has 22 heavy (non-hydrogen) atoms. The second kappa shape index (κ2) is 7.49. The summed E-state index contributed by atoms with van der Waals surface area (Å²) in [4.78, 5) is 23.1. The minimum absolute atomic E-state index is 0.104. The molecule has 1 aromatic carbocycles. The maximum absolute atomic E-state index is 11.7. The number of hydrogen-bond donors (Lipinski definition) is 2. The first kappa shape index (κ1) is 18.3. The lowest BCUT2D eigenvalue weighted by Crippen LogP contribution is -2.44. The van der Waals surface area contributed by atoms with Gasteiger partial charge in [0.2, 0.25) is 0 Å². The van der Waals surface area contributed by atoms with Gasteiger partial charge in [0.05, 0.1) is 7.11 Å². The van der Waals surface area contributed by atoms with Crippen LogP contribution in [-0.2, 0) is 16.0 Å². The molecule has 1 rings (SSSR count). The molecule has 0 radical (unpaired) electrons. The predicted octanol–water partition coefficient (Wildman–Crippen LogP) is 2.98. The second-order valence-electron chi connectivity index (χ2n) is 5.70. The maximum atomic E-state index is 11.7. The van der Waals surface area contributed by atoms with Crippen molar-refractivity contribution in [2.45, 2.75) is 38.8 Å². The Morgan fingerprint density at radius 2 is 2.00 bits per heavy atom.